The van der Waals surface area contributed by atoms with Crippen molar-refractivity contribution in [1.29, 1.82) is 0 Å². The molecule has 20 heavy (non-hydrogen) atoms. The van der Waals surface area contributed by atoms with Crippen LogP contribution < -0.4 is 11.1 Å². The van der Waals surface area contributed by atoms with Crippen molar-refractivity contribution in [1.82, 2.24) is 5.32 Å². The molecule has 112 valence electrons. The Morgan fingerprint density at radius 3 is 2.50 bits per heavy atom. The minimum atomic E-state index is -3.46. The predicted octanol–water partition coefficient (Wildman–Crippen LogP) is 1.22. The third-order valence-corrected chi connectivity index (χ3v) is 4.58. The van der Waals surface area contributed by atoms with E-state index < -0.39 is 21.5 Å². The maximum absolute atomic E-state index is 11.9. The third kappa shape index (κ3) is 7.02. The monoisotopic (exact) mass is 362 g/mol. The van der Waals surface area contributed by atoms with E-state index in [4.69, 9.17) is 5.73 Å². The van der Waals surface area contributed by atoms with E-state index in [9.17, 15) is 13.2 Å². The fraction of sp³-hybridized carbons (Fsp3) is 0.462. The van der Waals surface area contributed by atoms with E-state index in [0.717, 1.165) is 4.47 Å². The number of carbonyl (C=O) groups is 1. The minimum Gasteiger partial charge on any atom is -0.355 e. The van der Waals surface area contributed by atoms with Crippen molar-refractivity contribution in [3.05, 3.63) is 34.3 Å². The van der Waals surface area contributed by atoms with Crippen LogP contribution in [-0.4, -0.2) is 32.7 Å². The first-order valence-electron chi connectivity index (χ1n) is 6.25. The lowest BCUT2D eigenvalue weighted by atomic mass is 10.2. The van der Waals surface area contributed by atoms with Gasteiger partial charge in [0.05, 0.1) is 5.75 Å². The van der Waals surface area contributed by atoms with Crippen LogP contribution in [0, 0.1) is 0 Å². The maximum atomic E-state index is 11.9. The van der Waals surface area contributed by atoms with Gasteiger partial charge in [0.25, 0.3) is 0 Å². The molecule has 1 rings (SSSR count). The summed E-state index contributed by atoms with van der Waals surface area (Å²) < 4.78 is 24.7. The van der Waals surface area contributed by atoms with Gasteiger partial charge in [-0.1, -0.05) is 28.1 Å². The Morgan fingerprint density at radius 1 is 1.35 bits per heavy atom. The van der Waals surface area contributed by atoms with Gasteiger partial charge >= 0.3 is 0 Å². The number of nitrogens with one attached hydrogen (secondary N) is 1. The average molecular weight is 363 g/mol. The number of rotatable bonds is 7. The molecule has 0 spiro atoms. The molecule has 0 saturated heterocycles. The number of sulfone groups is 1. The summed E-state index contributed by atoms with van der Waals surface area (Å²) >= 11 is 3.28. The van der Waals surface area contributed by atoms with E-state index >= 15 is 0 Å². The van der Waals surface area contributed by atoms with Crippen LogP contribution in [0.3, 0.4) is 0 Å². The number of hydrogen-bond donors (Lipinski definition) is 2. The Balaban J connectivity index is 2.48. The van der Waals surface area contributed by atoms with Gasteiger partial charge in [0, 0.05) is 17.1 Å². The SMILES string of the molecule is CC(N)CCNC(=O)CS(=O)(=O)Cc1ccc(Br)cc1. The lowest BCUT2D eigenvalue weighted by Crippen LogP contribution is -2.33. The van der Waals surface area contributed by atoms with Crippen molar-refractivity contribution in [3.8, 4) is 0 Å². The van der Waals surface area contributed by atoms with Crippen LogP contribution in [0.1, 0.15) is 18.9 Å². The number of halogens is 1. The molecule has 0 heterocycles. The van der Waals surface area contributed by atoms with E-state index in [2.05, 4.69) is 21.2 Å². The number of amides is 1. The van der Waals surface area contributed by atoms with Crippen LogP contribution >= 0.6 is 15.9 Å². The molecule has 3 N–H and O–H groups in total. The lowest BCUT2D eigenvalue weighted by Gasteiger charge is -2.08. The van der Waals surface area contributed by atoms with Gasteiger partial charge in [-0.3, -0.25) is 4.79 Å². The summed E-state index contributed by atoms with van der Waals surface area (Å²) in [6.07, 6.45) is 0.624. The molecule has 0 saturated carbocycles. The number of nitrogens with two attached hydrogens (primary N) is 1. The zero-order chi connectivity index (χ0) is 15.2. The molecule has 0 fully saturated rings. The summed E-state index contributed by atoms with van der Waals surface area (Å²) in [6, 6.07) is 6.96. The fourth-order valence-corrected chi connectivity index (χ4v) is 3.14. The first-order valence-corrected chi connectivity index (χ1v) is 8.87. The second kappa shape index (κ2) is 7.75. The molecule has 0 aromatic heterocycles. The highest BCUT2D eigenvalue weighted by Crippen LogP contribution is 2.13. The molecule has 0 aliphatic heterocycles. The Labute approximate surface area is 128 Å². The molecular formula is C13H19BrN2O3S. The summed E-state index contributed by atoms with van der Waals surface area (Å²) in [5.74, 6) is -1.12. The first kappa shape index (κ1) is 17.1. The van der Waals surface area contributed by atoms with Crippen LogP contribution in [0.25, 0.3) is 0 Å². The van der Waals surface area contributed by atoms with Gasteiger partial charge in [0.1, 0.15) is 5.75 Å². The number of hydrogen-bond acceptors (Lipinski definition) is 4. The first-order chi connectivity index (χ1) is 9.28. The fourth-order valence-electron chi connectivity index (χ4n) is 1.58. The van der Waals surface area contributed by atoms with Crippen molar-refractivity contribution in [2.75, 3.05) is 12.3 Å². The molecule has 0 radical (unpaired) electrons. The summed E-state index contributed by atoms with van der Waals surface area (Å²) in [5, 5.41) is 2.56. The summed E-state index contributed by atoms with van der Waals surface area (Å²) in [7, 11) is -3.46. The highest BCUT2D eigenvalue weighted by Gasteiger charge is 2.17. The van der Waals surface area contributed by atoms with Crippen LogP contribution in [0.2, 0.25) is 0 Å². The molecule has 1 amide bonds. The molecule has 1 aromatic rings. The van der Waals surface area contributed by atoms with Gasteiger partial charge < -0.3 is 11.1 Å². The standard InChI is InChI=1S/C13H19BrN2O3S/c1-10(15)6-7-16-13(17)9-20(18,19)8-11-2-4-12(14)5-3-11/h2-5,10H,6-9,15H2,1H3,(H,16,17). The zero-order valence-electron chi connectivity index (χ0n) is 11.3. The van der Waals surface area contributed by atoms with E-state index in [1.807, 2.05) is 6.92 Å². The quantitative estimate of drug-likeness (QED) is 0.762. The van der Waals surface area contributed by atoms with E-state index in [-0.39, 0.29) is 11.8 Å². The molecule has 0 bridgehead atoms. The van der Waals surface area contributed by atoms with Crippen molar-refractivity contribution in [3.63, 3.8) is 0 Å². The minimum absolute atomic E-state index is 0.0188. The molecule has 1 atom stereocenters. The Morgan fingerprint density at radius 2 is 1.95 bits per heavy atom. The van der Waals surface area contributed by atoms with Crippen LogP contribution in [0.4, 0.5) is 0 Å². The van der Waals surface area contributed by atoms with Crippen LogP contribution in [0.15, 0.2) is 28.7 Å². The highest BCUT2D eigenvalue weighted by molar-refractivity contribution is 9.10. The topological polar surface area (TPSA) is 89.3 Å². The maximum Gasteiger partial charge on any atom is 0.235 e. The van der Waals surface area contributed by atoms with Crippen molar-refractivity contribution < 1.29 is 13.2 Å². The highest BCUT2D eigenvalue weighted by atomic mass is 79.9. The van der Waals surface area contributed by atoms with Gasteiger partial charge in [-0.05, 0) is 31.0 Å². The molecule has 0 aliphatic rings. The van der Waals surface area contributed by atoms with Gasteiger partial charge in [-0.25, -0.2) is 8.42 Å². The average Bonchev–Trinajstić information content (AvgIpc) is 2.30. The second-order valence-electron chi connectivity index (χ2n) is 4.77. The molecule has 1 aromatic carbocycles. The smallest absolute Gasteiger partial charge is 0.235 e. The largest absolute Gasteiger partial charge is 0.355 e. The number of carbonyl (C=O) groups excluding carboxylic acids is 1. The normalized spacial score (nSPS) is 12.9. The predicted molar refractivity (Wildman–Crippen MR) is 82.9 cm³/mol. The zero-order valence-corrected chi connectivity index (χ0v) is 13.7. The van der Waals surface area contributed by atoms with Gasteiger partial charge in [-0.2, -0.15) is 0 Å². The Bertz CT molecular complexity index is 541. The second-order valence-corrected chi connectivity index (χ2v) is 7.75. The lowest BCUT2D eigenvalue weighted by molar-refractivity contribution is -0.118. The molecule has 1 unspecified atom stereocenters. The summed E-state index contributed by atoms with van der Waals surface area (Å²) in [4.78, 5) is 11.5. The van der Waals surface area contributed by atoms with Gasteiger partial charge in [0.15, 0.2) is 9.84 Å². The Hall–Kier alpha value is -0.920. The third-order valence-electron chi connectivity index (χ3n) is 2.57. The van der Waals surface area contributed by atoms with Gasteiger partial charge in [-0.15, -0.1) is 0 Å². The summed E-state index contributed by atoms with van der Waals surface area (Å²) in [6.45, 7) is 2.22. The molecule has 0 aliphatic carbocycles. The number of benzene rings is 1. The molecule has 5 nitrogen and oxygen atoms in total. The van der Waals surface area contributed by atoms with E-state index in [1.165, 1.54) is 0 Å². The van der Waals surface area contributed by atoms with Crippen molar-refractivity contribution >= 4 is 31.7 Å². The van der Waals surface area contributed by atoms with E-state index in [1.54, 1.807) is 24.3 Å². The van der Waals surface area contributed by atoms with Crippen molar-refractivity contribution in [2.24, 2.45) is 5.73 Å². The van der Waals surface area contributed by atoms with Crippen LogP contribution in [-0.2, 0) is 20.4 Å². The molecular weight excluding hydrogens is 344 g/mol. The van der Waals surface area contributed by atoms with Crippen molar-refractivity contribution in [2.45, 2.75) is 25.1 Å². The van der Waals surface area contributed by atoms with Gasteiger partial charge in [0.2, 0.25) is 5.91 Å². The van der Waals surface area contributed by atoms with E-state index in [0.29, 0.717) is 18.5 Å². The molecule has 7 heteroatoms. The van der Waals surface area contributed by atoms with Crippen LogP contribution in [0.5, 0.6) is 0 Å². The summed E-state index contributed by atoms with van der Waals surface area (Å²) in [5.41, 5.74) is 6.21. The Kier molecular flexibility index (Phi) is 6.64.